The van der Waals surface area contributed by atoms with E-state index in [0.717, 1.165) is 0 Å². The number of aromatic nitrogens is 2. The summed E-state index contributed by atoms with van der Waals surface area (Å²) in [5.74, 6) is -0.467. The molecule has 26 heavy (non-hydrogen) atoms. The summed E-state index contributed by atoms with van der Waals surface area (Å²) in [6.45, 7) is 1.22. The average Bonchev–Trinajstić information content (AvgIpc) is 2.58. The van der Waals surface area contributed by atoms with Gasteiger partial charge in [-0.1, -0.05) is 23.2 Å². The van der Waals surface area contributed by atoms with Gasteiger partial charge in [-0.15, -0.1) is 0 Å². The highest BCUT2D eigenvalue weighted by molar-refractivity contribution is 6.38. The molecular weight excluding hydrogens is 377 g/mol. The zero-order valence-electron chi connectivity index (χ0n) is 13.6. The molecule has 0 aliphatic carbocycles. The monoisotopic (exact) mass is 389 g/mol. The number of Topliss-reactive ketones (excluding diaryl/α,β-unsaturated/α-hetero) is 1. The minimum absolute atomic E-state index is 0.175. The summed E-state index contributed by atoms with van der Waals surface area (Å²) in [5, 5.41) is 3.46. The second-order valence-corrected chi connectivity index (χ2v) is 6.49. The fourth-order valence-corrected chi connectivity index (χ4v) is 3.04. The number of fused-ring (bicyclic) bond motifs is 1. The Labute approximate surface area is 158 Å². The molecule has 1 heterocycles. The van der Waals surface area contributed by atoms with Crippen LogP contribution in [0.2, 0.25) is 10.0 Å². The quantitative estimate of drug-likeness (QED) is 0.691. The normalized spacial score (nSPS) is 10.7. The van der Waals surface area contributed by atoms with Crippen molar-refractivity contribution in [3.8, 4) is 0 Å². The second-order valence-electron chi connectivity index (χ2n) is 5.64. The maximum absolute atomic E-state index is 12.6. The van der Waals surface area contributed by atoms with Crippen molar-refractivity contribution >= 4 is 51.5 Å². The number of ketones is 1. The van der Waals surface area contributed by atoms with Gasteiger partial charge in [0.1, 0.15) is 0 Å². The van der Waals surface area contributed by atoms with Crippen LogP contribution in [0.3, 0.4) is 0 Å². The van der Waals surface area contributed by atoms with E-state index in [4.69, 9.17) is 23.2 Å². The first-order valence-corrected chi connectivity index (χ1v) is 8.36. The van der Waals surface area contributed by atoms with Crippen molar-refractivity contribution in [2.45, 2.75) is 13.5 Å². The lowest BCUT2D eigenvalue weighted by molar-refractivity contribution is -0.114. The number of amides is 1. The fourth-order valence-electron chi connectivity index (χ4n) is 2.50. The summed E-state index contributed by atoms with van der Waals surface area (Å²) in [7, 11) is 0. The zero-order chi connectivity index (χ0) is 18.8. The van der Waals surface area contributed by atoms with Gasteiger partial charge in [0, 0.05) is 23.2 Å². The second kappa shape index (κ2) is 7.27. The van der Waals surface area contributed by atoms with Crippen LogP contribution in [0.5, 0.6) is 0 Å². The van der Waals surface area contributed by atoms with Crippen LogP contribution < -0.4 is 10.9 Å². The Balaban J connectivity index is 1.89. The Morgan fingerprint density at radius 3 is 2.50 bits per heavy atom. The van der Waals surface area contributed by atoms with Crippen molar-refractivity contribution < 1.29 is 9.59 Å². The largest absolute Gasteiger partial charge is 0.326 e. The Bertz CT molecular complexity index is 1080. The highest BCUT2D eigenvalue weighted by atomic mass is 35.5. The molecule has 0 atom stereocenters. The Kier molecular flexibility index (Phi) is 5.06. The molecule has 0 radical (unpaired) electrons. The molecule has 0 spiro atoms. The van der Waals surface area contributed by atoms with Crippen LogP contribution in [-0.4, -0.2) is 21.2 Å². The van der Waals surface area contributed by atoms with Crippen LogP contribution >= 0.6 is 23.2 Å². The number of nitrogens with zero attached hydrogens (tertiary/aromatic N) is 2. The molecule has 0 aliphatic rings. The van der Waals surface area contributed by atoms with Crippen LogP contribution in [0, 0.1) is 0 Å². The van der Waals surface area contributed by atoms with E-state index in [9.17, 15) is 14.4 Å². The number of carbonyl (C=O) groups is 2. The van der Waals surface area contributed by atoms with Gasteiger partial charge in [-0.25, -0.2) is 4.98 Å². The summed E-state index contributed by atoms with van der Waals surface area (Å²) in [6.07, 6.45) is 1.29. The molecule has 132 valence electrons. The number of hydrogen-bond acceptors (Lipinski definition) is 4. The molecule has 0 unspecified atom stereocenters. The molecule has 1 N–H and O–H groups in total. The zero-order valence-corrected chi connectivity index (χ0v) is 15.1. The molecule has 0 aliphatic heterocycles. The van der Waals surface area contributed by atoms with Crippen LogP contribution in [0.4, 0.5) is 5.69 Å². The Hall–Kier alpha value is -2.70. The fraction of sp³-hybridized carbons (Fsp3) is 0.111. The average molecular weight is 390 g/mol. The molecule has 8 heteroatoms. The van der Waals surface area contributed by atoms with Crippen molar-refractivity contribution in [1.82, 2.24) is 9.55 Å². The summed E-state index contributed by atoms with van der Waals surface area (Å²) < 4.78 is 1.21. The van der Waals surface area contributed by atoms with Gasteiger partial charge in [-0.3, -0.25) is 19.0 Å². The summed E-state index contributed by atoms with van der Waals surface area (Å²) >= 11 is 12.0. The third-order valence-corrected chi connectivity index (χ3v) is 4.19. The van der Waals surface area contributed by atoms with Crippen LogP contribution in [0.25, 0.3) is 10.9 Å². The van der Waals surface area contributed by atoms with Gasteiger partial charge in [-0.05, 0) is 36.4 Å². The predicted molar refractivity (Wildman–Crippen MR) is 101 cm³/mol. The molecule has 3 aromatic rings. The standard InChI is InChI=1S/C18H13Cl2N3O3/c1-10(24)22-13-4-2-11(3-5-13)16(25)8-23-9-21-17-14(18(23)26)6-12(19)7-15(17)20/h2-7,9H,8H2,1H3,(H,22,24). The molecule has 6 nitrogen and oxygen atoms in total. The molecule has 0 fully saturated rings. The van der Waals surface area contributed by atoms with Gasteiger partial charge >= 0.3 is 0 Å². The number of halogens is 2. The molecule has 0 saturated heterocycles. The van der Waals surface area contributed by atoms with Crippen LogP contribution in [0.15, 0.2) is 47.5 Å². The van der Waals surface area contributed by atoms with Gasteiger partial charge in [-0.2, -0.15) is 0 Å². The number of hydrogen-bond donors (Lipinski definition) is 1. The molecule has 1 amide bonds. The van der Waals surface area contributed by atoms with Gasteiger partial charge in [0.15, 0.2) is 5.78 Å². The van der Waals surface area contributed by atoms with E-state index in [1.165, 1.54) is 30.0 Å². The molecular formula is C18H13Cl2N3O3. The third kappa shape index (κ3) is 3.76. The highest BCUT2D eigenvalue weighted by Gasteiger charge is 2.12. The third-order valence-electron chi connectivity index (χ3n) is 3.69. The van der Waals surface area contributed by atoms with Crippen molar-refractivity contribution in [1.29, 1.82) is 0 Å². The number of rotatable bonds is 4. The number of carbonyl (C=O) groups excluding carboxylic acids is 2. The van der Waals surface area contributed by atoms with E-state index in [-0.39, 0.29) is 28.6 Å². The number of anilines is 1. The van der Waals surface area contributed by atoms with Crippen molar-refractivity contribution in [2.75, 3.05) is 5.32 Å². The highest BCUT2D eigenvalue weighted by Crippen LogP contribution is 2.24. The molecule has 0 bridgehead atoms. The van der Waals surface area contributed by atoms with Crippen LogP contribution in [-0.2, 0) is 11.3 Å². The van der Waals surface area contributed by atoms with Crippen LogP contribution in [0.1, 0.15) is 17.3 Å². The van der Waals surface area contributed by atoms with E-state index in [2.05, 4.69) is 10.3 Å². The molecule has 3 rings (SSSR count). The summed E-state index contributed by atoms with van der Waals surface area (Å²) in [4.78, 5) is 40.2. The van der Waals surface area contributed by atoms with Gasteiger partial charge in [0.2, 0.25) is 5.91 Å². The predicted octanol–water partition coefficient (Wildman–Crippen LogP) is 3.54. The van der Waals surface area contributed by atoms with Crippen molar-refractivity contribution in [2.24, 2.45) is 0 Å². The Morgan fingerprint density at radius 2 is 1.85 bits per heavy atom. The van der Waals surface area contributed by atoms with Crippen molar-refractivity contribution in [3.05, 3.63) is 68.7 Å². The molecule has 2 aromatic carbocycles. The smallest absolute Gasteiger partial charge is 0.261 e. The van der Waals surface area contributed by atoms with Crippen molar-refractivity contribution in [3.63, 3.8) is 0 Å². The van der Waals surface area contributed by atoms with E-state index in [1.54, 1.807) is 24.3 Å². The van der Waals surface area contributed by atoms with E-state index < -0.39 is 5.56 Å². The first-order valence-electron chi connectivity index (χ1n) is 7.60. The maximum Gasteiger partial charge on any atom is 0.261 e. The molecule has 1 aromatic heterocycles. The number of benzene rings is 2. The Morgan fingerprint density at radius 1 is 1.15 bits per heavy atom. The summed E-state index contributed by atoms with van der Waals surface area (Å²) in [6, 6.07) is 9.39. The lowest BCUT2D eigenvalue weighted by atomic mass is 10.1. The first-order chi connectivity index (χ1) is 12.3. The van der Waals surface area contributed by atoms with Gasteiger partial charge < -0.3 is 5.32 Å². The van der Waals surface area contributed by atoms with Gasteiger partial charge in [0.25, 0.3) is 5.56 Å². The minimum Gasteiger partial charge on any atom is -0.326 e. The SMILES string of the molecule is CC(=O)Nc1ccc(C(=O)Cn2cnc3c(Cl)cc(Cl)cc3c2=O)cc1. The van der Waals surface area contributed by atoms with E-state index in [1.807, 2.05) is 0 Å². The van der Waals surface area contributed by atoms with E-state index >= 15 is 0 Å². The lowest BCUT2D eigenvalue weighted by Gasteiger charge is -2.08. The number of nitrogens with one attached hydrogen (secondary N) is 1. The maximum atomic E-state index is 12.6. The minimum atomic E-state index is -0.400. The summed E-state index contributed by atoms with van der Waals surface area (Å²) in [5.41, 5.74) is 0.935. The molecule has 0 saturated carbocycles. The lowest BCUT2D eigenvalue weighted by Crippen LogP contribution is -2.24. The topological polar surface area (TPSA) is 81.1 Å². The first kappa shape index (κ1) is 18.1. The van der Waals surface area contributed by atoms with E-state index in [0.29, 0.717) is 21.8 Å². The van der Waals surface area contributed by atoms with Gasteiger partial charge in [0.05, 0.1) is 28.8 Å².